The van der Waals surface area contributed by atoms with Gasteiger partial charge in [0, 0.05) is 12.3 Å². The molecule has 1 fully saturated rings. The lowest BCUT2D eigenvalue weighted by atomic mass is 10.1. The molecule has 0 unspecified atom stereocenters. The average Bonchev–Trinajstić information content (AvgIpc) is 3.23. The van der Waals surface area contributed by atoms with E-state index in [0.29, 0.717) is 23.6 Å². The molecule has 0 radical (unpaired) electrons. The van der Waals surface area contributed by atoms with Gasteiger partial charge in [-0.25, -0.2) is 4.79 Å². The maximum absolute atomic E-state index is 12.4. The van der Waals surface area contributed by atoms with Crippen LogP contribution in [0, 0.1) is 13.8 Å². The predicted molar refractivity (Wildman–Crippen MR) is 110 cm³/mol. The number of hydrogen-bond donors (Lipinski definition) is 1. The fraction of sp³-hybridized carbons (Fsp3) is 0.391. The quantitative estimate of drug-likeness (QED) is 0.714. The first kappa shape index (κ1) is 20.9. The molecule has 0 bridgehead atoms. The molecule has 1 aliphatic rings. The highest BCUT2D eigenvalue weighted by molar-refractivity contribution is 5.97. The van der Waals surface area contributed by atoms with Crippen molar-refractivity contribution in [1.29, 1.82) is 0 Å². The van der Waals surface area contributed by atoms with Gasteiger partial charge in [0.1, 0.15) is 12.4 Å². The molecule has 0 spiro atoms. The topological polar surface area (TPSA) is 73.9 Å². The van der Waals surface area contributed by atoms with Gasteiger partial charge >= 0.3 is 5.97 Å². The van der Waals surface area contributed by atoms with Gasteiger partial charge in [0.2, 0.25) is 0 Å². The van der Waals surface area contributed by atoms with Crippen LogP contribution in [0.2, 0.25) is 0 Å². The van der Waals surface area contributed by atoms with Crippen molar-refractivity contribution < 1.29 is 23.8 Å². The third-order valence-electron chi connectivity index (χ3n) is 4.85. The lowest BCUT2D eigenvalue weighted by Gasteiger charge is -2.15. The smallest absolute Gasteiger partial charge is 0.338 e. The molecule has 1 heterocycles. The zero-order chi connectivity index (χ0) is 20.8. The molecule has 0 aliphatic carbocycles. The number of rotatable bonds is 7. The van der Waals surface area contributed by atoms with Crippen LogP contribution in [0.25, 0.3) is 0 Å². The third-order valence-corrected chi connectivity index (χ3v) is 4.85. The second-order valence-corrected chi connectivity index (χ2v) is 7.33. The lowest BCUT2D eigenvalue weighted by molar-refractivity contribution is -0.123. The number of hydrogen-bond acceptors (Lipinski definition) is 5. The summed E-state index contributed by atoms with van der Waals surface area (Å²) in [5.74, 6) is -0.263. The van der Waals surface area contributed by atoms with E-state index in [-0.39, 0.29) is 12.0 Å². The monoisotopic (exact) mass is 397 g/mol. The second kappa shape index (κ2) is 9.56. The molecule has 2 aromatic rings. The van der Waals surface area contributed by atoms with Crippen molar-refractivity contribution in [2.75, 3.05) is 18.5 Å². The highest BCUT2D eigenvalue weighted by atomic mass is 16.5. The average molecular weight is 397 g/mol. The van der Waals surface area contributed by atoms with Crippen molar-refractivity contribution in [1.82, 2.24) is 0 Å². The number of ether oxygens (including phenoxy) is 3. The van der Waals surface area contributed by atoms with Crippen LogP contribution < -0.4 is 10.1 Å². The summed E-state index contributed by atoms with van der Waals surface area (Å²) in [4.78, 5) is 24.7. The maximum Gasteiger partial charge on any atom is 0.338 e. The summed E-state index contributed by atoms with van der Waals surface area (Å²) < 4.78 is 16.5. The second-order valence-electron chi connectivity index (χ2n) is 7.33. The molecule has 1 saturated heterocycles. The molecule has 1 N–H and O–H groups in total. The van der Waals surface area contributed by atoms with Gasteiger partial charge in [-0.3, -0.25) is 4.79 Å². The van der Waals surface area contributed by atoms with Gasteiger partial charge in [0.25, 0.3) is 5.91 Å². The molecule has 29 heavy (non-hydrogen) atoms. The van der Waals surface area contributed by atoms with E-state index in [1.165, 1.54) is 0 Å². The number of carbonyl (C=O) groups excluding carboxylic acids is 2. The van der Waals surface area contributed by atoms with Gasteiger partial charge in [-0.1, -0.05) is 12.1 Å². The minimum absolute atomic E-state index is 0.135. The Kier molecular flexibility index (Phi) is 6.88. The zero-order valence-electron chi connectivity index (χ0n) is 17.1. The Balaban J connectivity index is 1.51. The van der Waals surface area contributed by atoms with E-state index >= 15 is 0 Å². The highest BCUT2D eigenvalue weighted by Gasteiger charge is 2.20. The Labute approximate surface area is 171 Å². The van der Waals surface area contributed by atoms with E-state index in [1.807, 2.05) is 32.0 Å². The molecule has 3 rings (SSSR count). The van der Waals surface area contributed by atoms with Crippen LogP contribution >= 0.6 is 0 Å². The number of aryl methyl sites for hydroxylation is 2. The van der Waals surface area contributed by atoms with Crippen molar-refractivity contribution in [3.8, 4) is 5.75 Å². The van der Waals surface area contributed by atoms with Crippen molar-refractivity contribution >= 4 is 17.6 Å². The summed E-state index contributed by atoms with van der Waals surface area (Å²) in [6, 6.07) is 12.5. The van der Waals surface area contributed by atoms with Crippen LogP contribution in [0.15, 0.2) is 42.5 Å². The Hall–Kier alpha value is -2.86. The molecule has 0 aromatic heterocycles. The summed E-state index contributed by atoms with van der Waals surface area (Å²) in [6.07, 6.45) is 1.29. The number of anilines is 1. The van der Waals surface area contributed by atoms with Crippen LogP contribution in [-0.2, 0) is 14.3 Å². The van der Waals surface area contributed by atoms with E-state index < -0.39 is 12.1 Å². The fourth-order valence-electron chi connectivity index (χ4n) is 3.04. The van der Waals surface area contributed by atoms with Gasteiger partial charge < -0.3 is 19.5 Å². The first-order chi connectivity index (χ1) is 13.9. The van der Waals surface area contributed by atoms with Crippen LogP contribution in [0.5, 0.6) is 5.75 Å². The fourth-order valence-corrected chi connectivity index (χ4v) is 3.04. The number of carbonyl (C=O) groups is 2. The lowest BCUT2D eigenvalue weighted by Crippen LogP contribution is -2.30. The summed E-state index contributed by atoms with van der Waals surface area (Å²) >= 11 is 0. The van der Waals surface area contributed by atoms with Crippen molar-refractivity contribution in [2.24, 2.45) is 0 Å². The Morgan fingerprint density at radius 3 is 2.62 bits per heavy atom. The SMILES string of the molecule is Cc1ccc(C)c(NC(=O)[C@@H](C)OC(=O)c2ccc(OC[C@@H]3CCCO3)cc2)c1. The summed E-state index contributed by atoms with van der Waals surface area (Å²) in [5, 5.41) is 2.81. The first-order valence-corrected chi connectivity index (χ1v) is 9.86. The standard InChI is InChI=1S/C23H27NO5/c1-15-6-7-16(2)21(13-15)24-22(25)17(3)29-23(26)18-8-10-19(11-9-18)28-14-20-5-4-12-27-20/h6-11,13,17,20H,4-5,12,14H2,1-3H3,(H,24,25)/t17-,20+/m1/s1. The number of nitrogens with one attached hydrogen (secondary N) is 1. The minimum atomic E-state index is -0.919. The molecule has 0 saturated carbocycles. The van der Waals surface area contributed by atoms with Gasteiger partial charge in [-0.15, -0.1) is 0 Å². The zero-order valence-corrected chi connectivity index (χ0v) is 17.1. The van der Waals surface area contributed by atoms with Crippen LogP contribution in [-0.4, -0.2) is 37.3 Å². The molecule has 6 heteroatoms. The van der Waals surface area contributed by atoms with Gasteiger partial charge in [0.15, 0.2) is 6.10 Å². The first-order valence-electron chi connectivity index (χ1n) is 9.86. The third kappa shape index (κ3) is 5.81. The molecule has 1 aliphatic heterocycles. The van der Waals surface area contributed by atoms with Crippen molar-refractivity contribution in [3.05, 3.63) is 59.2 Å². The number of esters is 1. The summed E-state index contributed by atoms with van der Waals surface area (Å²) in [7, 11) is 0. The van der Waals surface area contributed by atoms with Gasteiger partial charge in [-0.05, 0) is 75.1 Å². The van der Waals surface area contributed by atoms with E-state index in [4.69, 9.17) is 14.2 Å². The Bertz CT molecular complexity index is 856. The Morgan fingerprint density at radius 2 is 1.93 bits per heavy atom. The minimum Gasteiger partial charge on any atom is -0.491 e. The Morgan fingerprint density at radius 1 is 1.17 bits per heavy atom. The van der Waals surface area contributed by atoms with E-state index in [0.717, 1.165) is 30.6 Å². The van der Waals surface area contributed by atoms with Crippen molar-refractivity contribution in [3.63, 3.8) is 0 Å². The van der Waals surface area contributed by atoms with E-state index in [2.05, 4.69) is 5.32 Å². The van der Waals surface area contributed by atoms with Gasteiger partial charge in [-0.2, -0.15) is 0 Å². The predicted octanol–water partition coefficient (Wildman–Crippen LogP) is 4.05. The maximum atomic E-state index is 12.4. The highest BCUT2D eigenvalue weighted by Crippen LogP contribution is 2.19. The molecule has 1 amide bonds. The van der Waals surface area contributed by atoms with E-state index in [9.17, 15) is 9.59 Å². The van der Waals surface area contributed by atoms with Gasteiger partial charge in [0.05, 0.1) is 11.7 Å². The van der Waals surface area contributed by atoms with Crippen LogP contribution in [0.1, 0.15) is 41.3 Å². The number of benzene rings is 2. The van der Waals surface area contributed by atoms with Crippen molar-refractivity contribution in [2.45, 2.75) is 45.8 Å². The summed E-state index contributed by atoms with van der Waals surface area (Å²) in [6.45, 7) is 6.70. The molecular formula is C23H27NO5. The molecule has 154 valence electrons. The summed E-state index contributed by atoms with van der Waals surface area (Å²) in [5.41, 5.74) is 3.06. The molecule has 2 aromatic carbocycles. The van der Waals surface area contributed by atoms with Crippen LogP contribution in [0.4, 0.5) is 5.69 Å². The molecular weight excluding hydrogens is 370 g/mol. The normalized spacial score (nSPS) is 16.9. The molecule has 6 nitrogen and oxygen atoms in total. The van der Waals surface area contributed by atoms with Crippen LogP contribution in [0.3, 0.4) is 0 Å². The largest absolute Gasteiger partial charge is 0.491 e. The molecule has 2 atom stereocenters. The van der Waals surface area contributed by atoms with E-state index in [1.54, 1.807) is 31.2 Å². The number of amides is 1.